The second-order valence-electron chi connectivity index (χ2n) is 4.46. The third kappa shape index (κ3) is 3.97. The van der Waals surface area contributed by atoms with Gasteiger partial charge in [-0.05, 0) is 25.0 Å². The fourth-order valence-electron chi connectivity index (χ4n) is 1.64. The molecule has 0 bridgehead atoms. The number of allylic oxidation sites excluding steroid dienone is 3. The van der Waals surface area contributed by atoms with Crippen molar-refractivity contribution >= 4 is 23.1 Å². The first-order valence-corrected chi connectivity index (χ1v) is 6.83. The summed E-state index contributed by atoms with van der Waals surface area (Å²) < 4.78 is 10.9. The molecule has 6 nitrogen and oxygen atoms in total. The minimum atomic E-state index is -0.983. The zero-order chi connectivity index (χ0) is 16.1. The number of rotatable bonds is 3. The molecule has 0 saturated carbocycles. The molecular weight excluding hydrogens is 304 g/mol. The predicted molar refractivity (Wildman–Crippen MR) is 83.3 cm³/mol. The Bertz CT molecular complexity index is 709. The van der Waals surface area contributed by atoms with Crippen molar-refractivity contribution < 1.29 is 19.2 Å². The number of nitrogens with zero attached hydrogens (tertiary/aromatic N) is 1. The molecule has 1 aliphatic carbocycles. The molecule has 0 fully saturated rings. The summed E-state index contributed by atoms with van der Waals surface area (Å²) in [7, 11) is 0. The SMILES string of the molecule is CC(C#Cc1occc1OC1=CC(=S)CC=C1)N(O)C(N)=O. The summed E-state index contributed by atoms with van der Waals surface area (Å²) in [5.74, 6) is 6.62. The van der Waals surface area contributed by atoms with Crippen LogP contribution in [-0.4, -0.2) is 27.2 Å². The normalized spacial score (nSPS) is 14.6. The number of urea groups is 1. The second kappa shape index (κ2) is 6.93. The summed E-state index contributed by atoms with van der Waals surface area (Å²) >= 11 is 5.11. The smallest absolute Gasteiger partial charge is 0.339 e. The Morgan fingerprint density at radius 1 is 1.64 bits per heavy atom. The molecule has 1 heterocycles. The van der Waals surface area contributed by atoms with E-state index in [0.717, 1.165) is 11.3 Å². The minimum absolute atomic E-state index is 0.274. The van der Waals surface area contributed by atoms with Gasteiger partial charge in [0.15, 0.2) is 5.75 Å². The first-order chi connectivity index (χ1) is 10.5. The molecule has 0 radical (unpaired) electrons. The number of hydrogen-bond acceptors (Lipinski definition) is 5. The molecule has 1 unspecified atom stereocenters. The van der Waals surface area contributed by atoms with Crippen LogP contribution in [0.3, 0.4) is 0 Å². The molecule has 0 saturated heterocycles. The number of nitrogens with two attached hydrogens (primary N) is 1. The molecule has 7 heteroatoms. The summed E-state index contributed by atoms with van der Waals surface area (Å²) in [5, 5.41) is 9.68. The van der Waals surface area contributed by atoms with Gasteiger partial charge in [0.1, 0.15) is 11.8 Å². The Kier molecular flexibility index (Phi) is 4.99. The Balaban J connectivity index is 2.12. The maximum atomic E-state index is 10.8. The van der Waals surface area contributed by atoms with E-state index in [-0.39, 0.29) is 5.76 Å². The molecule has 114 valence electrons. The van der Waals surface area contributed by atoms with Crippen molar-refractivity contribution in [2.24, 2.45) is 5.73 Å². The van der Waals surface area contributed by atoms with Crippen LogP contribution < -0.4 is 10.5 Å². The average Bonchev–Trinajstić information content (AvgIpc) is 2.91. The summed E-state index contributed by atoms with van der Waals surface area (Å²) in [4.78, 5) is 11.6. The number of thiocarbonyl (C=S) groups is 1. The lowest BCUT2D eigenvalue weighted by Gasteiger charge is -2.14. The van der Waals surface area contributed by atoms with Crippen molar-refractivity contribution in [1.82, 2.24) is 5.06 Å². The number of carbonyl (C=O) groups is 1. The van der Waals surface area contributed by atoms with E-state index in [1.165, 1.54) is 13.2 Å². The van der Waals surface area contributed by atoms with Gasteiger partial charge in [-0.1, -0.05) is 24.2 Å². The van der Waals surface area contributed by atoms with Gasteiger partial charge in [-0.3, -0.25) is 5.21 Å². The molecule has 0 spiro atoms. The third-order valence-corrected chi connectivity index (χ3v) is 3.03. The summed E-state index contributed by atoms with van der Waals surface area (Å²) in [6, 6.07) is -0.147. The standard InChI is InChI=1S/C15H14N2O4S/c1-10(17(19)15(16)18)5-6-13-14(7-8-20-13)21-11-3-2-4-12(22)9-11/h2-3,7-10,19H,4H2,1H3,(H2,16,18). The molecule has 22 heavy (non-hydrogen) atoms. The van der Waals surface area contributed by atoms with Gasteiger partial charge in [-0.15, -0.1) is 0 Å². The van der Waals surface area contributed by atoms with Gasteiger partial charge in [-0.2, -0.15) is 5.06 Å². The van der Waals surface area contributed by atoms with Crippen LogP contribution in [0.5, 0.6) is 5.75 Å². The lowest BCUT2D eigenvalue weighted by atomic mass is 10.2. The van der Waals surface area contributed by atoms with E-state index in [2.05, 4.69) is 11.8 Å². The molecule has 1 aromatic rings. The Morgan fingerprint density at radius 2 is 2.41 bits per heavy atom. The third-order valence-electron chi connectivity index (χ3n) is 2.75. The van der Waals surface area contributed by atoms with Crippen molar-refractivity contribution in [2.45, 2.75) is 19.4 Å². The van der Waals surface area contributed by atoms with Gasteiger partial charge >= 0.3 is 6.03 Å². The van der Waals surface area contributed by atoms with Crippen LogP contribution in [0.15, 0.2) is 40.7 Å². The zero-order valence-corrected chi connectivity index (χ0v) is 12.6. The number of primary amides is 1. The van der Waals surface area contributed by atoms with Crippen LogP contribution in [0.25, 0.3) is 0 Å². The molecule has 1 aromatic heterocycles. The number of hydrogen-bond donors (Lipinski definition) is 2. The van der Waals surface area contributed by atoms with Crippen LogP contribution in [0, 0.1) is 11.8 Å². The fraction of sp³-hybridized carbons (Fsp3) is 0.200. The highest BCUT2D eigenvalue weighted by atomic mass is 32.1. The van der Waals surface area contributed by atoms with Crippen LogP contribution in [0.4, 0.5) is 4.79 Å². The Labute approximate surface area is 132 Å². The zero-order valence-electron chi connectivity index (χ0n) is 11.8. The van der Waals surface area contributed by atoms with E-state index in [9.17, 15) is 10.0 Å². The molecule has 3 N–H and O–H groups in total. The fourth-order valence-corrected chi connectivity index (χ4v) is 1.85. The van der Waals surface area contributed by atoms with Gasteiger partial charge in [0, 0.05) is 17.4 Å². The topological polar surface area (TPSA) is 88.9 Å². The maximum Gasteiger partial charge on any atom is 0.339 e. The van der Waals surface area contributed by atoms with E-state index in [0.29, 0.717) is 16.6 Å². The largest absolute Gasteiger partial charge is 0.453 e. The van der Waals surface area contributed by atoms with E-state index in [1.54, 1.807) is 12.1 Å². The lowest BCUT2D eigenvalue weighted by molar-refractivity contribution is -0.0536. The Morgan fingerprint density at radius 3 is 3.09 bits per heavy atom. The van der Waals surface area contributed by atoms with Gasteiger partial charge in [-0.25, -0.2) is 4.79 Å². The van der Waals surface area contributed by atoms with Gasteiger partial charge in [0.2, 0.25) is 5.76 Å². The monoisotopic (exact) mass is 318 g/mol. The van der Waals surface area contributed by atoms with Crippen molar-refractivity contribution in [1.29, 1.82) is 0 Å². The highest BCUT2D eigenvalue weighted by Crippen LogP contribution is 2.23. The van der Waals surface area contributed by atoms with Crippen molar-refractivity contribution in [2.75, 3.05) is 0 Å². The van der Waals surface area contributed by atoms with Crippen molar-refractivity contribution in [3.05, 3.63) is 42.1 Å². The molecule has 0 aromatic carbocycles. The second-order valence-corrected chi connectivity index (χ2v) is 4.99. The summed E-state index contributed by atoms with van der Waals surface area (Å²) in [5.41, 5.74) is 4.95. The number of furan rings is 1. The van der Waals surface area contributed by atoms with Gasteiger partial charge in [0.05, 0.1) is 6.26 Å². The quantitative estimate of drug-likeness (QED) is 0.386. The van der Waals surface area contributed by atoms with E-state index in [4.69, 9.17) is 27.1 Å². The molecule has 2 amide bonds. The molecule has 0 aliphatic heterocycles. The van der Waals surface area contributed by atoms with Crippen LogP contribution >= 0.6 is 12.2 Å². The van der Waals surface area contributed by atoms with Crippen molar-refractivity contribution in [3.8, 4) is 17.6 Å². The van der Waals surface area contributed by atoms with E-state index < -0.39 is 12.1 Å². The molecule has 1 atom stereocenters. The summed E-state index contributed by atoms with van der Waals surface area (Å²) in [6.07, 6.45) is 7.62. The van der Waals surface area contributed by atoms with Gasteiger partial charge < -0.3 is 14.9 Å². The van der Waals surface area contributed by atoms with E-state index >= 15 is 0 Å². The minimum Gasteiger partial charge on any atom is -0.453 e. The maximum absolute atomic E-state index is 10.8. The number of ether oxygens (including phenoxy) is 1. The van der Waals surface area contributed by atoms with Crippen molar-refractivity contribution in [3.63, 3.8) is 0 Å². The van der Waals surface area contributed by atoms with Crippen LogP contribution in [0.1, 0.15) is 19.1 Å². The number of amides is 2. The predicted octanol–water partition coefficient (Wildman–Crippen LogP) is 2.38. The molecule has 2 rings (SSSR count). The molecular formula is C15H14N2O4S. The first kappa shape index (κ1) is 15.8. The number of carbonyl (C=O) groups excluding carboxylic acids is 1. The lowest BCUT2D eigenvalue weighted by Crippen LogP contribution is -2.38. The summed E-state index contributed by atoms with van der Waals surface area (Å²) in [6.45, 7) is 1.52. The first-order valence-electron chi connectivity index (χ1n) is 6.43. The van der Waals surface area contributed by atoms with Crippen LogP contribution in [0.2, 0.25) is 0 Å². The van der Waals surface area contributed by atoms with E-state index in [1.807, 2.05) is 12.2 Å². The van der Waals surface area contributed by atoms with Gasteiger partial charge in [0.25, 0.3) is 0 Å². The highest BCUT2D eigenvalue weighted by Gasteiger charge is 2.13. The Hall–Kier alpha value is -2.56. The number of hydroxylamine groups is 2. The van der Waals surface area contributed by atoms with Crippen LogP contribution in [-0.2, 0) is 0 Å². The highest BCUT2D eigenvalue weighted by molar-refractivity contribution is 7.80. The average molecular weight is 318 g/mol. The molecule has 1 aliphatic rings.